The second-order valence-electron chi connectivity index (χ2n) is 6.50. The SMILES string of the molecule is Cn1nc(Cc2ccccc2Cl)n(CC2CCC(F)(F)CC2)c1=O. The van der Waals surface area contributed by atoms with Crippen LogP contribution in [-0.2, 0) is 20.0 Å². The maximum atomic E-state index is 13.3. The second-order valence-corrected chi connectivity index (χ2v) is 6.91. The van der Waals surface area contributed by atoms with Gasteiger partial charge in [-0.3, -0.25) is 4.57 Å². The normalized spacial score (nSPS) is 18.0. The number of benzene rings is 1. The lowest BCUT2D eigenvalue weighted by atomic mass is 9.86. The van der Waals surface area contributed by atoms with Gasteiger partial charge in [0.15, 0.2) is 0 Å². The van der Waals surface area contributed by atoms with Gasteiger partial charge in [0, 0.05) is 37.9 Å². The van der Waals surface area contributed by atoms with Crippen molar-refractivity contribution in [1.82, 2.24) is 14.3 Å². The van der Waals surface area contributed by atoms with Crippen molar-refractivity contribution < 1.29 is 8.78 Å². The third-order valence-electron chi connectivity index (χ3n) is 4.67. The van der Waals surface area contributed by atoms with E-state index in [1.807, 2.05) is 18.2 Å². The van der Waals surface area contributed by atoms with Crippen LogP contribution in [0.1, 0.15) is 37.1 Å². The number of rotatable bonds is 4. The summed E-state index contributed by atoms with van der Waals surface area (Å²) < 4.78 is 29.5. The molecule has 0 N–H and O–H groups in total. The molecule has 1 aliphatic carbocycles. The van der Waals surface area contributed by atoms with Gasteiger partial charge in [-0.25, -0.2) is 18.3 Å². The van der Waals surface area contributed by atoms with Gasteiger partial charge in [0.2, 0.25) is 5.92 Å². The molecule has 1 fully saturated rings. The summed E-state index contributed by atoms with van der Waals surface area (Å²) in [4.78, 5) is 12.3. The molecular weight excluding hydrogens is 336 g/mol. The quantitative estimate of drug-likeness (QED) is 0.839. The van der Waals surface area contributed by atoms with E-state index in [4.69, 9.17) is 11.6 Å². The van der Waals surface area contributed by atoms with E-state index in [-0.39, 0.29) is 24.4 Å². The summed E-state index contributed by atoms with van der Waals surface area (Å²) >= 11 is 6.19. The lowest BCUT2D eigenvalue weighted by Gasteiger charge is -2.28. The van der Waals surface area contributed by atoms with Crippen molar-refractivity contribution in [2.45, 2.75) is 44.6 Å². The molecule has 1 aromatic heterocycles. The highest BCUT2D eigenvalue weighted by Crippen LogP contribution is 2.36. The first kappa shape index (κ1) is 17.1. The number of hydrogen-bond donors (Lipinski definition) is 0. The summed E-state index contributed by atoms with van der Waals surface area (Å²) in [6.45, 7) is 0.433. The zero-order valence-electron chi connectivity index (χ0n) is 13.5. The van der Waals surface area contributed by atoms with Crippen molar-refractivity contribution in [2.24, 2.45) is 13.0 Å². The molecule has 0 spiro atoms. The minimum atomic E-state index is -2.56. The Morgan fingerprint density at radius 2 is 1.96 bits per heavy atom. The molecule has 0 saturated heterocycles. The maximum absolute atomic E-state index is 13.3. The smallest absolute Gasteiger partial charge is 0.278 e. The number of hydrogen-bond acceptors (Lipinski definition) is 2. The summed E-state index contributed by atoms with van der Waals surface area (Å²) in [6, 6.07) is 7.42. The van der Waals surface area contributed by atoms with Crippen LogP contribution in [0.3, 0.4) is 0 Å². The molecule has 1 heterocycles. The molecule has 4 nitrogen and oxygen atoms in total. The molecule has 0 radical (unpaired) electrons. The zero-order chi connectivity index (χ0) is 17.3. The summed E-state index contributed by atoms with van der Waals surface area (Å²) in [5, 5.41) is 4.93. The molecule has 1 saturated carbocycles. The molecule has 0 atom stereocenters. The van der Waals surface area contributed by atoms with Gasteiger partial charge in [0.1, 0.15) is 5.82 Å². The fourth-order valence-electron chi connectivity index (χ4n) is 3.22. The first-order valence-corrected chi connectivity index (χ1v) is 8.47. The first-order valence-electron chi connectivity index (χ1n) is 8.10. The number of halogens is 3. The highest BCUT2D eigenvalue weighted by Gasteiger charge is 2.35. The Bertz CT molecular complexity index is 774. The summed E-state index contributed by atoms with van der Waals surface area (Å²) in [7, 11) is 1.60. The van der Waals surface area contributed by atoms with Crippen molar-refractivity contribution in [1.29, 1.82) is 0 Å². The van der Waals surface area contributed by atoms with Crippen LogP contribution in [0.2, 0.25) is 5.02 Å². The Morgan fingerprint density at radius 1 is 1.29 bits per heavy atom. The predicted molar refractivity (Wildman–Crippen MR) is 88.6 cm³/mol. The van der Waals surface area contributed by atoms with E-state index < -0.39 is 5.92 Å². The van der Waals surface area contributed by atoms with Crippen LogP contribution in [0.15, 0.2) is 29.1 Å². The fourth-order valence-corrected chi connectivity index (χ4v) is 3.42. The predicted octanol–water partition coefficient (Wildman–Crippen LogP) is 3.65. The molecule has 1 aromatic carbocycles. The Morgan fingerprint density at radius 3 is 2.62 bits per heavy atom. The lowest BCUT2D eigenvalue weighted by molar-refractivity contribution is -0.0474. The third kappa shape index (κ3) is 3.69. The molecule has 0 unspecified atom stereocenters. The van der Waals surface area contributed by atoms with E-state index in [9.17, 15) is 13.6 Å². The molecule has 0 bridgehead atoms. The molecule has 2 aromatic rings. The molecule has 0 amide bonds. The van der Waals surface area contributed by atoms with Crippen LogP contribution >= 0.6 is 11.6 Å². The number of aromatic nitrogens is 3. The monoisotopic (exact) mass is 355 g/mol. The van der Waals surface area contributed by atoms with Crippen LogP contribution in [0, 0.1) is 5.92 Å². The van der Waals surface area contributed by atoms with Crippen molar-refractivity contribution in [3.63, 3.8) is 0 Å². The standard InChI is InChI=1S/C17H20ClF2N3O/c1-22-16(24)23(11-12-6-8-17(19,20)9-7-12)15(21-22)10-13-4-2-3-5-14(13)18/h2-5,12H,6-11H2,1H3. The van der Waals surface area contributed by atoms with Crippen molar-refractivity contribution in [3.05, 3.63) is 51.2 Å². The van der Waals surface area contributed by atoms with Gasteiger partial charge >= 0.3 is 5.69 Å². The number of aryl methyl sites for hydroxylation is 1. The number of alkyl halides is 2. The lowest BCUT2D eigenvalue weighted by Crippen LogP contribution is -2.31. The molecule has 0 aliphatic heterocycles. The van der Waals surface area contributed by atoms with E-state index in [1.54, 1.807) is 17.7 Å². The van der Waals surface area contributed by atoms with Crippen molar-refractivity contribution in [2.75, 3.05) is 0 Å². The van der Waals surface area contributed by atoms with E-state index in [0.29, 0.717) is 36.7 Å². The molecule has 1 aliphatic rings. The first-order chi connectivity index (χ1) is 11.4. The largest absolute Gasteiger partial charge is 0.345 e. The van der Waals surface area contributed by atoms with Gasteiger partial charge in [-0.2, -0.15) is 5.10 Å². The Balaban J connectivity index is 1.81. The molecule has 24 heavy (non-hydrogen) atoms. The van der Waals surface area contributed by atoms with E-state index in [1.165, 1.54) is 4.68 Å². The third-order valence-corrected chi connectivity index (χ3v) is 5.04. The summed E-state index contributed by atoms with van der Waals surface area (Å²) in [5.41, 5.74) is 0.676. The van der Waals surface area contributed by atoms with E-state index >= 15 is 0 Å². The van der Waals surface area contributed by atoms with Crippen LogP contribution in [0.5, 0.6) is 0 Å². The number of nitrogens with zero attached hydrogens (tertiary/aromatic N) is 3. The minimum Gasteiger partial charge on any atom is -0.278 e. The summed E-state index contributed by atoms with van der Waals surface area (Å²) in [6.07, 6.45) is 1.09. The fraction of sp³-hybridized carbons (Fsp3) is 0.529. The topological polar surface area (TPSA) is 39.8 Å². The van der Waals surface area contributed by atoms with Gasteiger partial charge < -0.3 is 0 Å². The molecule has 7 heteroatoms. The van der Waals surface area contributed by atoms with Crippen LogP contribution in [0.4, 0.5) is 8.78 Å². The van der Waals surface area contributed by atoms with Crippen molar-refractivity contribution in [3.8, 4) is 0 Å². The minimum absolute atomic E-state index is 0.0801. The Labute approximate surface area is 144 Å². The maximum Gasteiger partial charge on any atom is 0.345 e. The van der Waals surface area contributed by atoms with Gasteiger partial charge in [0.05, 0.1) is 0 Å². The summed E-state index contributed by atoms with van der Waals surface area (Å²) in [5.74, 6) is -1.86. The van der Waals surface area contributed by atoms with Gasteiger partial charge in [-0.15, -0.1) is 0 Å². The molecular formula is C17H20ClF2N3O. The van der Waals surface area contributed by atoms with Crippen LogP contribution < -0.4 is 5.69 Å². The Kier molecular flexibility index (Phi) is 4.76. The average Bonchev–Trinajstić information content (AvgIpc) is 2.79. The molecule has 130 valence electrons. The van der Waals surface area contributed by atoms with E-state index in [2.05, 4.69) is 5.10 Å². The van der Waals surface area contributed by atoms with Crippen LogP contribution in [-0.4, -0.2) is 20.3 Å². The van der Waals surface area contributed by atoms with Crippen molar-refractivity contribution >= 4 is 11.6 Å². The van der Waals surface area contributed by atoms with E-state index in [0.717, 1.165) is 5.56 Å². The second kappa shape index (κ2) is 6.67. The van der Waals surface area contributed by atoms with Gasteiger partial charge in [-0.1, -0.05) is 29.8 Å². The Hall–Kier alpha value is -1.69. The molecule has 3 rings (SSSR count). The highest BCUT2D eigenvalue weighted by atomic mass is 35.5. The highest BCUT2D eigenvalue weighted by molar-refractivity contribution is 6.31. The average molecular weight is 356 g/mol. The van der Waals surface area contributed by atoms with Gasteiger partial charge in [0.25, 0.3) is 0 Å². The van der Waals surface area contributed by atoms with Crippen LogP contribution in [0.25, 0.3) is 0 Å². The van der Waals surface area contributed by atoms with Gasteiger partial charge in [-0.05, 0) is 30.4 Å². The zero-order valence-corrected chi connectivity index (χ0v) is 14.3.